The van der Waals surface area contributed by atoms with Crippen molar-refractivity contribution in [2.45, 2.75) is 55.9 Å². The van der Waals surface area contributed by atoms with E-state index in [0.717, 1.165) is 18.5 Å². The van der Waals surface area contributed by atoms with E-state index in [-0.39, 0.29) is 5.56 Å². The van der Waals surface area contributed by atoms with E-state index in [1.54, 1.807) is 0 Å². The molecule has 2 aliphatic rings. The fourth-order valence-corrected chi connectivity index (χ4v) is 9.55. The molecular formula is C19H27N7O22P4. The number of aromatic amines is 2. The van der Waals surface area contributed by atoms with Crippen molar-refractivity contribution in [3.63, 3.8) is 0 Å². The Kier molecular flexibility index (Phi) is 12.7. The van der Waals surface area contributed by atoms with Crippen LogP contribution in [0.1, 0.15) is 18.0 Å². The van der Waals surface area contributed by atoms with Gasteiger partial charge in [0.25, 0.3) is 11.1 Å². The van der Waals surface area contributed by atoms with Gasteiger partial charge in [0.1, 0.15) is 24.4 Å². The number of hydrogen-bond acceptors (Lipinski definition) is 19. The number of aromatic nitrogens is 4. The second-order valence-electron chi connectivity index (χ2n) is 10.5. The first kappa shape index (κ1) is 41.8. The van der Waals surface area contributed by atoms with E-state index in [9.17, 15) is 72.3 Å². The van der Waals surface area contributed by atoms with Gasteiger partial charge in [-0.3, -0.25) is 37.7 Å². The zero-order valence-corrected chi connectivity index (χ0v) is 29.1. The summed E-state index contributed by atoms with van der Waals surface area (Å²) in [6, 6.07) is -0.796. The fraction of sp³-hybridized carbons (Fsp3) is 0.579. The largest absolute Gasteiger partial charge is 0.490 e. The molecule has 4 unspecified atom stereocenters. The molecule has 2 aromatic heterocycles. The molecule has 0 aromatic carbocycles. The van der Waals surface area contributed by atoms with Crippen LogP contribution in [0.5, 0.6) is 0 Å². The Morgan fingerprint density at radius 2 is 1.29 bits per heavy atom. The van der Waals surface area contributed by atoms with Crippen LogP contribution in [0.2, 0.25) is 0 Å². The smallest absolute Gasteiger partial charge is 0.388 e. The summed E-state index contributed by atoms with van der Waals surface area (Å²) in [6.45, 7) is -1.14. The number of phosphoric ester groups is 2. The van der Waals surface area contributed by atoms with Gasteiger partial charge in [-0.2, -0.15) is 12.9 Å². The Hall–Kier alpha value is -2.97. The number of ether oxygens (including phenoxy) is 2. The average Bonchev–Trinajstić information content (AvgIpc) is 3.45. The van der Waals surface area contributed by atoms with Gasteiger partial charge in [-0.05, 0) is 12.5 Å². The molecule has 2 fully saturated rings. The van der Waals surface area contributed by atoms with Crippen LogP contribution in [-0.4, -0.2) is 104 Å². The molecule has 4 heterocycles. The summed E-state index contributed by atoms with van der Waals surface area (Å²) in [5.74, 6) is 0. The summed E-state index contributed by atoms with van der Waals surface area (Å²) in [4.78, 5) is 92.8. The van der Waals surface area contributed by atoms with Gasteiger partial charge >= 0.3 is 42.7 Å². The van der Waals surface area contributed by atoms with Crippen LogP contribution >= 0.6 is 31.3 Å². The Morgan fingerprint density at radius 1 is 0.788 bits per heavy atom. The average molecular weight is 829 g/mol. The number of aliphatic hydroxyl groups is 3. The van der Waals surface area contributed by atoms with Crippen molar-refractivity contribution in [3.8, 4) is 0 Å². The second kappa shape index (κ2) is 15.8. The first-order valence-electron chi connectivity index (χ1n) is 13.7. The van der Waals surface area contributed by atoms with Crippen molar-refractivity contribution in [2.24, 2.45) is 5.11 Å². The first-order chi connectivity index (χ1) is 23.9. The lowest BCUT2D eigenvalue weighted by atomic mass is 10.1. The quantitative estimate of drug-likeness (QED) is 0.0386. The maximum absolute atomic E-state index is 12.4. The first-order valence-corrected chi connectivity index (χ1v) is 19.7. The number of aliphatic hydroxyl groups excluding tert-OH is 3. The highest BCUT2D eigenvalue weighted by molar-refractivity contribution is 7.69. The lowest BCUT2D eigenvalue weighted by Gasteiger charge is -2.21. The standard InChI is InChI=1S/C19H27N7O22P4/c1-7-4-26(19(33)22-15(7)31)16-13(29)11(23-24-20)8(44-16)5-42-49(34,35)46-51(38,39)48-52(40,41)47-50(36,37)43-6-9-12(28)14(30)17(45-9)25-3-2-10(27)21-18(25)32/h2-4,8-9,11-14,16-17,28-30H,5-6H2,1H3,(H,34,35)(H,36,37)(H,38,39)(H,40,41)(H,21,27,32)(H,22,31,33)/t8-,9-,11-,12-,13-,14-,16-,17-/m1/s1. The lowest BCUT2D eigenvalue weighted by molar-refractivity contribution is -0.0542. The zero-order chi connectivity index (χ0) is 39.0. The molecule has 2 aromatic rings. The summed E-state index contributed by atoms with van der Waals surface area (Å²) in [6.07, 6.45) is -10.6. The maximum Gasteiger partial charge on any atom is 0.490 e. The molecule has 2 aliphatic heterocycles. The van der Waals surface area contributed by atoms with E-state index in [1.165, 1.54) is 6.92 Å². The SMILES string of the molecule is Cc1cn([C@@H]2O[C@H](COP(=O)(O)OP(=O)(O)OP(=O)(O)OP(=O)(O)OC[C@H]3O[C@@H](n4ccc(=O)[nH]c4=O)[C@H](O)[C@@H]3O)[C@@H](N=[N+]=[N-])[C@H]2O)c(=O)[nH]c1=O. The summed E-state index contributed by atoms with van der Waals surface area (Å²) in [7, 11) is -24.3. The number of phosphoric acid groups is 4. The number of rotatable bonds is 15. The molecule has 0 amide bonds. The van der Waals surface area contributed by atoms with Crippen LogP contribution in [-0.2, 0) is 49.7 Å². The highest BCUT2D eigenvalue weighted by Gasteiger charge is 2.50. The predicted octanol–water partition coefficient (Wildman–Crippen LogP) is -2.56. The molecule has 0 aliphatic carbocycles. The van der Waals surface area contributed by atoms with Gasteiger partial charge in [0.2, 0.25) is 0 Å². The van der Waals surface area contributed by atoms with Gasteiger partial charge < -0.3 is 44.4 Å². The van der Waals surface area contributed by atoms with E-state index >= 15 is 0 Å². The summed E-state index contributed by atoms with van der Waals surface area (Å²) in [5, 5.41) is 34.2. The number of nitrogens with one attached hydrogen (secondary N) is 2. The molecule has 290 valence electrons. The van der Waals surface area contributed by atoms with Gasteiger partial charge in [0, 0.05) is 28.9 Å². The Labute approximate surface area is 285 Å². The van der Waals surface area contributed by atoms with Crippen molar-refractivity contribution in [2.75, 3.05) is 13.2 Å². The van der Waals surface area contributed by atoms with Gasteiger partial charge in [-0.1, -0.05) is 5.11 Å². The van der Waals surface area contributed by atoms with E-state index in [1.807, 2.05) is 9.97 Å². The van der Waals surface area contributed by atoms with E-state index in [0.29, 0.717) is 9.13 Å². The monoisotopic (exact) mass is 829 g/mol. The van der Waals surface area contributed by atoms with Gasteiger partial charge in [0.15, 0.2) is 12.5 Å². The zero-order valence-electron chi connectivity index (χ0n) is 25.5. The van der Waals surface area contributed by atoms with Gasteiger partial charge in [-0.25, -0.2) is 27.8 Å². The van der Waals surface area contributed by atoms with E-state index in [4.69, 9.17) is 15.0 Å². The van der Waals surface area contributed by atoms with Crippen molar-refractivity contribution < 1.29 is 84.6 Å². The third-order valence-electron chi connectivity index (χ3n) is 6.83. The molecule has 12 atom stereocenters. The second-order valence-corrected chi connectivity index (χ2v) is 16.7. The minimum atomic E-state index is -6.28. The maximum atomic E-state index is 12.4. The molecule has 9 N–H and O–H groups in total. The van der Waals surface area contributed by atoms with Crippen LogP contribution in [0, 0.1) is 6.92 Å². The van der Waals surface area contributed by atoms with Crippen molar-refractivity contribution >= 4 is 31.3 Å². The summed E-state index contributed by atoms with van der Waals surface area (Å²) < 4.78 is 81.4. The third-order valence-corrected chi connectivity index (χ3v) is 12.7. The third kappa shape index (κ3) is 10.2. The van der Waals surface area contributed by atoms with Gasteiger partial charge in [0.05, 0.1) is 25.4 Å². The van der Waals surface area contributed by atoms with E-state index in [2.05, 4.69) is 32.0 Å². The fourth-order valence-electron chi connectivity index (χ4n) is 4.60. The molecular weight excluding hydrogens is 802 g/mol. The number of nitrogens with zero attached hydrogens (tertiary/aromatic N) is 5. The molecule has 0 saturated carbocycles. The molecule has 2 saturated heterocycles. The molecule has 0 bridgehead atoms. The van der Waals surface area contributed by atoms with Crippen LogP contribution in [0.4, 0.5) is 0 Å². The normalized spacial score (nSPS) is 30.8. The summed E-state index contributed by atoms with van der Waals surface area (Å²) >= 11 is 0. The van der Waals surface area contributed by atoms with Crippen molar-refractivity contribution in [1.29, 1.82) is 0 Å². The number of hydrogen-bond donors (Lipinski definition) is 9. The summed E-state index contributed by atoms with van der Waals surface area (Å²) in [5.41, 5.74) is 5.09. The van der Waals surface area contributed by atoms with Crippen molar-refractivity contribution in [3.05, 3.63) is 76.1 Å². The van der Waals surface area contributed by atoms with Crippen LogP contribution < -0.4 is 22.5 Å². The van der Waals surface area contributed by atoms with Crippen molar-refractivity contribution in [1.82, 2.24) is 19.1 Å². The minimum Gasteiger partial charge on any atom is -0.388 e. The highest BCUT2D eigenvalue weighted by Crippen LogP contribution is 2.71. The molecule has 0 spiro atoms. The van der Waals surface area contributed by atoms with Gasteiger partial charge in [-0.15, -0.1) is 0 Å². The van der Waals surface area contributed by atoms with E-state index < -0.39 is 116 Å². The Morgan fingerprint density at radius 3 is 1.85 bits per heavy atom. The predicted molar refractivity (Wildman–Crippen MR) is 161 cm³/mol. The minimum absolute atomic E-state index is 0.0190. The lowest BCUT2D eigenvalue weighted by Crippen LogP contribution is -2.38. The van der Waals surface area contributed by atoms with Crippen LogP contribution in [0.15, 0.2) is 42.8 Å². The Bertz CT molecular complexity index is 2150. The molecule has 33 heteroatoms. The number of azide groups is 1. The molecule has 4 rings (SSSR count). The topological polar surface area (TPSA) is 433 Å². The molecule has 52 heavy (non-hydrogen) atoms. The van der Waals surface area contributed by atoms with Crippen LogP contribution in [0.25, 0.3) is 10.4 Å². The number of aryl methyl sites for hydroxylation is 1. The number of H-pyrrole nitrogens is 2. The molecule has 0 radical (unpaired) electrons. The molecule has 29 nitrogen and oxygen atoms in total. The highest BCUT2D eigenvalue weighted by atomic mass is 31.3. The Balaban J connectivity index is 1.35. The van der Waals surface area contributed by atoms with Crippen LogP contribution in [0.3, 0.4) is 0 Å².